The molecule has 3 rings (SSSR count). The number of aromatic nitrogens is 3. The molecule has 1 atom stereocenters. The van der Waals surface area contributed by atoms with Gasteiger partial charge in [0.25, 0.3) is 5.91 Å². The SMILES string of the molecule is COc1ccc(C(O)Cn2cnc(C(=O)Nc3ccc(OC(F)(F)F)cc3)n2)cc1. The first kappa shape index (κ1) is 21.1. The van der Waals surface area contributed by atoms with Crippen LogP contribution in [0.1, 0.15) is 22.3 Å². The van der Waals surface area contributed by atoms with Crippen molar-refractivity contribution in [1.82, 2.24) is 14.8 Å². The lowest BCUT2D eigenvalue weighted by Crippen LogP contribution is -2.17. The quantitative estimate of drug-likeness (QED) is 0.607. The molecule has 0 saturated heterocycles. The summed E-state index contributed by atoms with van der Waals surface area (Å²) < 4.78 is 46.7. The molecule has 0 spiro atoms. The van der Waals surface area contributed by atoms with E-state index in [9.17, 15) is 23.1 Å². The maximum atomic E-state index is 12.2. The van der Waals surface area contributed by atoms with E-state index >= 15 is 0 Å². The van der Waals surface area contributed by atoms with Crippen LogP contribution in [0.3, 0.4) is 0 Å². The van der Waals surface area contributed by atoms with Gasteiger partial charge in [-0.25, -0.2) is 9.67 Å². The highest BCUT2D eigenvalue weighted by Crippen LogP contribution is 2.24. The minimum atomic E-state index is -4.79. The van der Waals surface area contributed by atoms with Gasteiger partial charge in [0.1, 0.15) is 17.8 Å². The van der Waals surface area contributed by atoms with E-state index in [1.807, 2.05) is 0 Å². The van der Waals surface area contributed by atoms with Gasteiger partial charge in [-0.1, -0.05) is 12.1 Å². The van der Waals surface area contributed by atoms with Gasteiger partial charge in [-0.3, -0.25) is 4.79 Å². The van der Waals surface area contributed by atoms with E-state index in [1.54, 1.807) is 24.3 Å². The van der Waals surface area contributed by atoms with Crippen molar-refractivity contribution in [3.05, 3.63) is 66.2 Å². The van der Waals surface area contributed by atoms with Crippen LogP contribution in [0.4, 0.5) is 18.9 Å². The van der Waals surface area contributed by atoms with Crippen molar-refractivity contribution in [2.24, 2.45) is 0 Å². The Morgan fingerprint density at radius 2 is 1.77 bits per heavy atom. The number of ether oxygens (including phenoxy) is 2. The second-order valence-electron chi connectivity index (χ2n) is 6.11. The molecular weight excluding hydrogens is 405 g/mol. The number of rotatable bonds is 7. The number of hydrogen-bond donors (Lipinski definition) is 2. The molecule has 0 aliphatic heterocycles. The van der Waals surface area contributed by atoms with Crippen molar-refractivity contribution in [3.63, 3.8) is 0 Å². The van der Waals surface area contributed by atoms with Gasteiger partial charge in [-0.2, -0.15) is 0 Å². The van der Waals surface area contributed by atoms with Gasteiger partial charge < -0.3 is 19.9 Å². The number of carbonyl (C=O) groups is 1. The number of methoxy groups -OCH3 is 1. The van der Waals surface area contributed by atoms with Gasteiger partial charge in [0.2, 0.25) is 5.82 Å². The van der Waals surface area contributed by atoms with Gasteiger partial charge in [0.15, 0.2) is 0 Å². The molecule has 0 aliphatic carbocycles. The van der Waals surface area contributed by atoms with Crippen LogP contribution in [0.5, 0.6) is 11.5 Å². The Bertz CT molecular complexity index is 988. The fraction of sp³-hybridized carbons (Fsp3) is 0.211. The Balaban J connectivity index is 1.59. The summed E-state index contributed by atoms with van der Waals surface area (Å²) in [5, 5.41) is 16.8. The largest absolute Gasteiger partial charge is 0.573 e. The molecule has 2 N–H and O–H groups in total. The van der Waals surface area contributed by atoms with Crippen molar-refractivity contribution in [1.29, 1.82) is 0 Å². The number of aliphatic hydroxyl groups excluding tert-OH is 1. The maximum absolute atomic E-state index is 12.2. The molecule has 2 aromatic carbocycles. The first-order valence-electron chi connectivity index (χ1n) is 8.62. The highest BCUT2D eigenvalue weighted by atomic mass is 19.4. The van der Waals surface area contributed by atoms with Crippen LogP contribution in [0.25, 0.3) is 0 Å². The summed E-state index contributed by atoms with van der Waals surface area (Å²) in [6, 6.07) is 11.5. The molecule has 0 aliphatic rings. The minimum Gasteiger partial charge on any atom is -0.497 e. The third-order valence-corrected chi connectivity index (χ3v) is 3.95. The molecule has 0 bridgehead atoms. The summed E-state index contributed by atoms with van der Waals surface area (Å²) in [6.45, 7) is 0.0656. The molecular formula is C19H17F3N4O4. The number of nitrogens with one attached hydrogen (secondary N) is 1. The number of carbonyl (C=O) groups excluding carboxylic acids is 1. The summed E-state index contributed by atoms with van der Waals surface area (Å²) in [7, 11) is 1.54. The average Bonchev–Trinajstić information content (AvgIpc) is 3.17. The highest BCUT2D eigenvalue weighted by Gasteiger charge is 2.31. The fourth-order valence-corrected chi connectivity index (χ4v) is 2.52. The van der Waals surface area contributed by atoms with Crippen LogP contribution >= 0.6 is 0 Å². The number of anilines is 1. The molecule has 0 radical (unpaired) electrons. The lowest BCUT2D eigenvalue weighted by atomic mass is 10.1. The summed E-state index contributed by atoms with van der Waals surface area (Å²) in [6.07, 6.45) is -4.38. The number of aliphatic hydroxyl groups is 1. The normalized spacial score (nSPS) is 12.3. The highest BCUT2D eigenvalue weighted by molar-refractivity contribution is 6.01. The lowest BCUT2D eigenvalue weighted by Gasteiger charge is -2.11. The number of halogens is 3. The Morgan fingerprint density at radius 1 is 1.13 bits per heavy atom. The lowest BCUT2D eigenvalue weighted by molar-refractivity contribution is -0.274. The molecule has 1 aromatic heterocycles. The molecule has 1 amide bonds. The van der Waals surface area contributed by atoms with Crippen LogP contribution in [0.15, 0.2) is 54.9 Å². The van der Waals surface area contributed by atoms with Crippen LogP contribution in [0.2, 0.25) is 0 Å². The Morgan fingerprint density at radius 3 is 2.37 bits per heavy atom. The maximum Gasteiger partial charge on any atom is 0.573 e. The third kappa shape index (κ3) is 5.70. The molecule has 3 aromatic rings. The number of benzene rings is 2. The topological polar surface area (TPSA) is 98.5 Å². The predicted octanol–water partition coefficient (Wildman–Crippen LogP) is 3.17. The van der Waals surface area contributed by atoms with E-state index in [0.29, 0.717) is 11.3 Å². The number of nitrogens with zero attached hydrogens (tertiary/aromatic N) is 3. The zero-order chi connectivity index (χ0) is 21.7. The van der Waals surface area contributed by atoms with E-state index < -0.39 is 24.1 Å². The van der Waals surface area contributed by atoms with Crippen molar-refractivity contribution in [3.8, 4) is 11.5 Å². The monoisotopic (exact) mass is 422 g/mol. The molecule has 1 heterocycles. The molecule has 8 nitrogen and oxygen atoms in total. The van der Waals surface area contributed by atoms with Gasteiger partial charge in [-0.15, -0.1) is 18.3 Å². The summed E-state index contributed by atoms with van der Waals surface area (Å²) in [4.78, 5) is 16.1. The van der Waals surface area contributed by atoms with Crippen LogP contribution < -0.4 is 14.8 Å². The third-order valence-electron chi connectivity index (χ3n) is 3.95. The summed E-state index contributed by atoms with van der Waals surface area (Å²) in [5.41, 5.74) is 0.877. The van der Waals surface area contributed by atoms with Crippen LogP contribution in [-0.2, 0) is 6.54 Å². The van der Waals surface area contributed by atoms with Crippen molar-refractivity contribution in [2.75, 3.05) is 12.4 Å². The first-order valence-corrected chi connectivity index (χ1v) is 8.62. The Hall–Kier alpha value is -3.60. The summed E-state index contributed by atoms with van der Waals surface area (Å²) in [5.74, 6) is -0.566. The zero-order valence-electron chi connectivity index (χ0n) is 15.6. The van der Waals surface area contributed by atoms with E-state index in [1.165, 1.54) is 30.3 Å². The van der Waals surface area contributed by atoms with Crippen LogP contribution in [0, 0.1) is 0 Å². The standard InChI is InChI=1S/C19H17F3N4O4/c1-29-14-6-2-12(3-7-14)16(27)10-26-11-23-17(25-26)18(28)24-13-4-8-15(9-5-13)30-19(20,21)22/h2-9,11,16,27H,10H2,1H3,(H,24,28). The molecule has 1 unspecified atom stereocenters. The van der Waals surface area contributed by atoms with Gasteiger partial charge >= 0.3 is 6.36 Å². The predicted molar refractivity (Wildman–Crippen MR) is 99.1 cm³/mol. The van der Waals surface area contributed by atoms with Gasteiger partial charge in [-0.05, 0) is 42.0 Å². The number of hydrogen-bond acceptors (Lipinski definition) is 6. The van der Waals surface area contributed by atoms with E-state index in [2.05, 4.69) is 20.1 Å². The second kappa shape index (κ2) is 8.82. The number of amides is 1. The molecule has 0 saturated carbocycles. The minimum absolute atomic E-state index is 0.0656. The average molecular weight is 422 g/mol. The van der Waals surface area contributed by atoms with Crippen molar-refractivity contribution < 1.29 is 32.5 Å². The molecule has 0 fully saturated rings. The second-order valence-corrected chi connectivity index (χ2v) is 6.11. The Kier molecular flexibility index (Phi) is 6.21. The first-order chi connectivity index (χ1) is 14.2. The zero-order valence-corrected chi connectivity index (χ0v) is 15.6. The van der Waals surface area contributed by atoms with E-state index in [-0.39, 0.29) is 18.1 Å². The smallest absolute Gasteiger partial charge is 0.497 e. The van der Waals surface area contributed by atoms with E-state index in [0.717, 1.165) is 12.1 Å². The van der Waals surface area contributed by atoms with Crippen molar-refractivity contribution in [2.45, 2.75) is 19.0 Å². The molecule has 11 heteroatoms. The Labute approximate surface area is 168 Å². The molecule has 158 valence electrons. The van der Waals surface area contributed by atoms with Crippen LogP contribution in [-0.4, -0.2) is 39.3 Å². The van der Waals surface area contributed by atoms with Gasteiger partial charge in [0, 0.05) is 5.69 Å². The fourth-order valence-electron chi connectivity index (χ4n) is 2.52. The number of alkyl halides is 3. The summed E-state index contributed by atoms with van der Waals surface area (Å²) >= 11 is 0. The van der Waals surface area contributed by atoms with Gasteiger partial charge in [0.05, 0.1) is 19.8 Å². The molecule has 30 heavy (non-hydrogen) atoms. The van der Waals surface area contributed by atoms with E-state index in [4.69, 9.17) is 4.74 Å². The van der Waals surface area contributed by atoms with Crippen molar-refractivity contribution >= 4 is 11.6 Å².